The van der Waals surface area contributed by atoms with Crippen molar-refractivity contribution in [2.45, 2.75) is 25.4 Å². The van der Waals surface area contributed by atoms with Gasteiger partial charge in [0.1, 0.15) is 6.61 Å². The lowest BCUT2D eigenvalue weighted by Crippen LogP contribution is -2.14. The van der Waals surface area contributed by atoms with Crippen LogP contribution in [-0.2, 0) is 9.53 Å². The second-order valence-corrected chi connectivity index (χ2v) is 3.79. The van der Waals surface area contributed by atoms with Gasteiger partial charge >= 0.3 is 0 Å². The molecule has 1 aromatic rings. The van der Waals surface area contributed by atoms with Crippen molar-refractivity contribution in [1.29, 1.82) is 0 Å². The van der Waals surface area contributed by atoms with Gasteiger partial charge < -0.3 is 4.74 Å². The van der Waals surface area contributed by atoms with Crippen molar-refractivity contribution in [3.8, 4) is 0 Å². The van der Waals surface area contributed by atoms with E-state index in [2.05, 4.69) is 19.1 Å². The molecule has 1 saturated heterocycles. The van der Waals surface area contributed by atoms with Crippen LogP contribution in [0, 0.1) is 0 Å². The Balaban J connectivity index is 2.09. The van der Waals surface area contributed by atoms with E-state index in [1.54, 1.807) is 0 Å². The van der Waals surface area contributed by atoms with Gasteiger partial charge in [-0.05, 0) is 5.56 Å². The van der Waals surface area contributed by atoms with Crippen LogP contribution in [0.2, 0.25) is 0 Å². The molecule has 0 saturated carbocycles. The highest BCUT2D eigenvalue weighted by atomic mass is 16.5. The van der Waals surface area contributed by atoms with Gasteiger partial charge in [0.05, 0.1) is 6.10 Å². The van der Waals surface area contributed by atoms with Crippen LogP contribution in [-0.4, -0.2) is 18.5 Å². The first-order chi connectivity index (χ1) is 6.77. The zero-order valence-corrected chi connectivity index (χ0v) is 8.27. The molecule has 2 atom stereocenters. The van der Waals surface area contributed by atoms with E-state index in [0.717, 1.165) is 0 Å². The summed E-state index contributed by atoms with van der Waals surface area (Å²) in [5.74, 6) is 0.528. The number of rotatable bonds is 2. The van der Waals surface area contributed by atoms with E-state index in [9.17, 15) is 4.79 Å². The van der Waals surface area contributed by atoms with E-state index in [1.807, 2.05) is 18.2 Å². The molecule has 0 spiro atoms. The summed E-state index contributed by atoms with van der Waals surface area (Å²) in [4.78, 5) is 11.1. The number of ketones is 1. The number of benzene rings is 1. The summed E-state index contributed by atoms with van der Waals surface area (Å²) in [5.41, 5.74) is 1.24. The third-order valence-electron chi connectivity index (χ3n) is 2.77. The highest BCUT2D eigenvalue weighted by Gasteiger charge is 2.28. The minimum absolute atomic E-state index is 0.0740. The number of carbonyl (C=O) groups is 1. The topological polar surface area (TPSA) is 26.3 Å². The van der Waals surface area contributed by atoms with E-state index in [1.165, 1.54) is 5.56 Å². The lowest BCUT2D eigenvalue weighted by atomic mass is 9.94. The maximum Gasteiger partial charge on any atom is 0.161 e. The molecule has 1 aromatic carbocycles. The molecule has 2 nitrogen and oxygen atoms in total. The molecule has 0 aliphatic carbocycles. The van der Waals surface area contributed by atoms with E-state index in [-0.39, 0.29) is 11.9 Å². The summed E-state index contributed by atoms with van der Waals surface area (Å²) >= 11 is 0. The fourth-order valence-electron chi connectivity index (χ4n) is 1.83. The molecule has 1 heterocycles. The minimum Gasteiger partial charge on any atom is -0.369 e. The molecule has 2 heteroatoms. The first kappa shape index (κ1) is 9.41. The van der Waals surface area contributed by atoms with Crippen LogP contribution < -0.4 is 0 Å². The highest BCUT2D eigenvalue weighted by Crippen LogP contribution is 2.26. The van der Waals surface area contributed by atoms with Gasteiger partial charge in [-0.1, -0.05) is 37.3 Å². The summed E-state index contributed by atoms with van der Waals surface area (Å²) in [6.45, 7) is 2.40. The van der Waals surface area contributed by atoms with Crippen molar-refractivity contribution < 1.29 is 9.53 Å². The number of hydrogen-bond donors (Lipinski definition) is 0. The van der Waals surface area contributed by atoms with Crippen LogP contribution in [0.5, 0.6) is 0 Å². The van der Waals surface area contributed by atoms with Crippen molar-refractivity contribution in [2.24, 2.45) is 0 Å². The molecular formula is C12H14O2. The number of ether oxygens (including phenoxy) is 1. The lowest BCUT2D eigenvalue weighted by Gasteiger charge is -2.17. The fourth-order valence-corrected chi connectivity index (χ4v) is 1.83. The molecule has 0 radical (unpaired) electrons. The van der Waals surface area contributed by atoms with E-state index < -0.39 is 0 Å². The molecule has 1 unspecified atom stereocenters. The van der Waals surface area contributed by atoms with Crippen molar-refractivity contribution in [3.63, 3.8) is 0 Å². The van der Waals surface area contributed by atoms with Gasteiger partial charge in [0.15, 0.2) is 5.78 Å². The molecule has 0 bridgehead atoms. The van der Waals surface area contributed by atoms with E-state index in [0.29, 0.717) is 18.9 Å². The van der Waals surface area contributed by atoms with Crippen LogP contribution in [0.4, 0.5) is 0 Å². The highest BCUT2D eigenvalue weighted by molar-refractivity contribution is 5.81. The Morgan fingerprint density at radius 1 is 1.36 bits per heavy atom. The van der Waals surface area contributed by atoms with Gasteiger partial charge in [-0.15, -0.1) is 0 Å². The predicted molar refractivity (Wildman–Crippen MR) is 54.2 cm³/mol. The molecule has 0 aromatic heterocycles. The third kappa shape index (κ3) is 1.85. The Morgan fingerprint density at radius 2 is 2.07 bits per heavy atom. The van der Waals surface area contributed by atoms with Gasteiger partial charge in [-0.25, -0.2) is 0 Å². The average molecular weight is 190 g/mol. The zero-order chi connectivity index (χ0) is 9.97. The van der Waals surface area contributed by atoms with Gasteiger partial charge in [0.2, 0.25) is 0 Å². The molecule has 1 fully saturated rings. The molecule has 1 aliphatic rings. The van der Waals surface area contributed by atoms with Crippen molar-refractivity contribution in [3.05, 3.63) is 35.9 Å². The van der Waals surface area contributed by atoms with Crippen molar-refractivity contribution in [1.82, 2.24) is 0 Å². The predicted octanol–water partition coefficient (Wildman–Crippen LogP) is 2.15. The largest absolute Gasteiger partial charge is 0.369 e. The Bertz CT molecular complexity index is 318. The average Bonchev–Trinajstić information content (AvgIpc) is 2.65. The summed E-state index contributed by atoms with van der Waals surface area (Å²) in [6.07, 6.45) is 0.640. The van der Waals surface area contributed by atoms with Crippen LogP contribution in [0.3, 0.4) is 0 Å². The quantitative estimate of drug-likeness (QED) is 0.714. The van der Waals surface area contributed by atoms with Crippen molar-refractivity contribution >= 4 is 5.78 Å². The van der Waals surface area contributed by atoms with Crippen molar-refractivity contribution in [2.75, 3.05) is 6.61 Å². The van der Waals surface area contributed by atoms with E-state index >= 15 is 0 Å². The monoisotopic (exact) mass is 190 g/mol. The number of carbonyl (C=O) groups excluding carboxylic acids is 1. The molecule has 0 N–H and O–H groups in total. The maximum absolute atomic E-state index is 11.1. The molecule has 14 heavy (non-hydrogen) atoms. The van der Waals surface area contributed by atoms with Gasteiger partial charge in [0.25, 0.3) is 0 Å². The third-order valence-corrected chi connectivity index (χ3v) is 2.77. The molecule has 2 rings (SSSR count). The Kier molecular flexibility index (Phi) is 2.64. The molecule has 0 amide bonds. The van der Waals surface area contributed by atoms with Crippen LogP contribution >= 0.6 is 0 Å². The Labute approximate surface area is 83.9 Å². The summed E-state index contributed by atoms with van der Waals surface area (Å²) in [5, 5.41) is 0. The van der Waals surface area contributed by atoms with Crippen LogP contribution in [0.25, 0.3) is 0 Å². The second kappa shape index (κ2) is 3.93. The second-order valence-electron chi connectivity index (χ2n) is 3.79. The van der Waals surface area contributed by atoms with Gasteiger partial charge in [-0.3, -0.25) is 4.79 Å². The van der Waals surface area contributed by atoms with Gasteiger partial charge in [-0.2, -0.15) is 0 Å². The Hall–Kier alpha value is -1.15. The summed E-state index contributed by atoms with van der Waals surface area (Å²) in [7, 11) is 0. The number of hydrogen-bond acceptors (Lipinski definition) is 2. The minimum atomic E-state index is 0.0740. The van der Waals surface area contributed by atoms with E-state index in [4.69, 9.17) is 4.74 Å². The zero-order valence-electron chi connectivity index (χ0n) is 8.27. The first-order valence-corrected chi connectivity index (χ1v) is 4.95. The fraction of sp³-hybridized carbons (Fsp3) is 0.417. The molecule has 74 valence electrons. The summed E-state index contributed by atoms with van der Waals surface area (Å²) in [6, 6.07) is 10.2. The van der Waals surface area contributed by atoms with Crippen LogP contribution in [0.1, 0.15) is 24.8 Å². The maximum atomic E-state index is 11.1. The SMILES string of the molecule is C[C@H](c1ccccc1)C1CC(=O)CO1. The van der Waals surface area contributed by atoms with Crippen LogP contribution in [0.15, 0.2) is 30.3 Å². The molecule has 1 aliphatic heterocycles. The lowest BCUT2D eigenvalue weighted by molar-refractivity contribution is -0.117. The molecular weight excluding hydrogens is 176 g/mol. The smallest absolute Gasteiger partial charge is 0.161 e. The summed E-state index contributed by atoms with van der Waals surface area (Å²) < 4.78 is 5.43. The number of Topliss-reactive ketones (excluding diaryl/α,β-unsaturated/α-hetero) is 1. The van der Waals surface area contributed by atoms with Gasteiger partial charge in [0, 0.05) is 12.3 Å². The first-order valence-electron chi connectivity index (χ1n) is 4.95. The Morgan fingerprint density at radius 3 is 2.64 bits per heavy atom. The normalized spacial score (nSPS) is 23.8. The standard InChI is InChI=1S/C12H14O2/c1-9(10-5-3-2-4-6-10)12-7-11(13)8-14-12/h2-6,9,12H,7-8H2,1H3/t9-,12?/m1/s1.